The number of carbonyl (C=O) groups excluding carboxylic acids is 1. The lowest BCUT2D eigenvalue weighted by atomic mass is 9.94. The summed E-state index contributed by atoms with van der Waals surface area (Å²) in [4.78, 5) is 32.6. The molecular weight excluding hydrogens is 540 g/mol. The number of nitrogens with zero attached hydrogens (tertiary/aromatic N) is 2. The molecule has 0 fully saturated rings. The molecule has 2 heterocycles. The van der Waals surface area contributed by atoms with Crippen LogP contribution in [0.1, 0.15) is 31.0 Å². The standard InChI is InChI=1S/C32H28N2O6S/c1-6-16-40-26-14-12-20-10-8-9-11-22(20)23(26)18-27-30(35)34-29(24-17-21(37-4)13-15-25(24)38-5)28(31(36)39-7-2)19(3)33-32(34)41-27/h1,8-15,17-18,29H,7,16H2,2-5H3. The van der Waals surface area contributed by atoms with Crippen LogP contribution >= 0.6 is 11.3 Å². The molecule has 0 saturated carbocycles. The Morgan fingerprint density at radius 2 is 1.90 bits per heavy atom. The number of hydrogen-bond donors (Lipinski definition) is 0. The first-order chi connectivity index (χ1) is 19.9. The van der Waals surface area contributed by atoms with E-state index in [4.69, 9.17) is 25.4 Å². The van der Waals surface area contributed by atoms with Gasteiger partial charge in [-0.3, -0.25) is 9.36 Å². The summed E-state index contributed by atoms with van der Waals surface area (Å²) >= 11 is 1.22. The van der Waals surface area contributed by atoms with Crippen LogP contribution in [0.25, 0.3) is 16.8 Å². The number of benzene rings is 3. The molecule has 4 aromatic rings. The third-order valence-electron chi connectivity index (χ3n) is 6.77. The molecule has 1 atom stereocenters. The van der Waals surface area contributed by atoms with E-state index in [1.165, 1.54) is 23.0 Å². The first-order valence-electron chi connectivity index (χ1n) is 12.9. The SMILES string of the molecule is C#CCOc1ccc2ccccc2c1C=c1sc2n(c1=O)C(c1cc(OC)ccc1OC)C(C(=O)OCC)=C(C)N=2. The zero-order chi connectivity index (χ0) is 29.1. The molecule has 0 saturated heterocycles. The molecule has 0 bridgehead atoms. The fraction of sp³-hybridized carbons (Fsp3) is 0.219. The van der Waals surface area contributed by atoms with Gasteiger partial charge in [-0.15, -0.1) is 6.42 Å². The highest BCUT2D eigenvalue weighted by Gasteiger charge is 2.35. The number of aromatic nitrogens is 1. The smallest absolute Gasteiger partial charge is 0.338 e. The molecule has 0 spiro atoms. The van der Waals surface area contributed by atoms with Crippen LogP contribution in [0.15, 0.2) is 75.7 Å². The van der Waals surface area contributed by atoms with E-state index in [-0.39, 0.29) is 24.3 Å². The Morgan fingerprint density at radius 1 is 1.12 bits per heavy atom. The molecule has 5 rings (SSSR count). The fourth-order valence-electron chi connectivity index (χ4n) is 4.94. The maximum Gasteiger partial charge on any atom is 0.338 e. The van der Waals surface area contributed by atoms with Crippen LogP contribution in [-0.2, 0) is 9.53 Å². The molecule has 208 valence electrons. The summed E-state index contributed by atoms with van der Waals surface area (Å²) in [6.45, 7) is 3.72. The molecule has 1 aliphatic rings. The summed E-state index contributed by atoms with van der Waals surface area (Å²) in [5.74, 6) is 3.53. The molecule has 0 aliphatic carbocycles. The summed E-state index contributed by atoms with van der Waals surface area (Å²) in [7, 11) is 3.09. The first kappa shape index (κ1) is 27.7. The number of ether oxygens (including phenoxy) is 4. The Hall–Kier alpha value is -4.81. The lowest BCUT2D eigenvalue weighted by Crippen LogP contribution is -2.40. The minimum atomic E-state index is -0.859. The van der Waals surface area contributed by atoms with Crippen LogP contribution in [0.4, 0.5) is 0 Å². The molecule has 1 unspecified atom stereocenters. The average Bonchev–Trinajstić information content (AvgIpc) is 3.29. The topological polar surface area (TPSA) is 88.3 Å². The first-order valence-corrected chi connectivity index (χ1v) is 13.7. The minimum Gasteiger partial charge on any atom is -0.497 e. The van der Waals surface area contributed by atoms with Gasteiger partial charge in [-0.25, -0.2) is 9.79 Å². The van der Waals surface area contributed by atoms with Crippen molar-refractivity contribution in [2.75, 3.05) is 27.4 Å². The van der Waals surface area contributed by atoms with Crippen LogP contribution in [-0.4, -0.2) is 38.0 Å². The van der Waals surface area contributed by atoms with Gasteiger partial charge in [-0.2, -0.15) is 0 Å². The summed E-state index contributed by atoms with van der Waals surface area (Å²) in [6.07, 6.45) is 7.25. The predicted molar refractivity (Wildman–Crippen MR) is 158 cm³/mol. The lowest BCUT2D eigenvalue weighted by Gasteiger charge is -2.26. The Morgan fingerprint density at radius 3 is 2.63 bits per heavy atom. The van der Waals surface area contributed by atoms with Crippen molar-refractivity contribution in [2.24, 2.45) is 4.99 Å². The number of terminal acetylenes is 1. The molecule has 41 heavy (non-hydrogen) atoms. The third kappa shape index (κ3) is 5.10. The number of esters is 1. The van der Waals surface area contributed by atoms with Crippen LogP contribution in [0.2, 0.25) is 0 Å². The Labute approximate surface area is 240 Å². The maximum absolute atomic E-state index is 14.2. The van der Waals surface area contributed by atoms with E-state index >= 15 is 0 Å². The molecule has 9 heteroatoms. The number of fused-ring (bicyclic) bond motifs is 2. The Balaban J connectivity index is 1.81. The molecule has 3 aromatic carbocycles. The van der Waals surface area contributed by atoms with Gasteiger partial charge in [0, 0.05) is 11.1 Å². The molecule has 0 amide bonds. The van der Waals surface area contributed by atoms with Gasteiger partial charge in [0.1, 0.15) is 29.9 Å². The highest BCUT2D eigenvalue weighted by Crippen LogP contribution is 2.38. The van der Waals surface area contributed by atoms with Crippen molar-refractivity contribution in [3.8, 4) is 29.6 Å². The summed E-state index contributed by atoms with van der Waals surface area (Å²) < 4.78 is 24.3. The van der Waals surface area contributed by atoms with Crippen molar-refractivity contribution in [1.82, 2.24) is 4.57 Å². The number of methoxy groups -OCH3 is 2. The van der Waals surface area contributed by atoms with E-state index in [2.05, 4.69) is 10.9 Å². The lowest BCUT2D eigenvalue weighted by molar-refractivity contribution is -0.139. The number of carbonyl (C=O) groups is 1. The fourth-order valence-corrected chi connectivity index (χ4v) is 5.97. The highest BCUT2D eigenvalue weighted by molar-refractivity contribution is 7.07. The number of rotatable bonds is 8. The van der Waals surface area contributed by atoms with Crippen LogP contribution < -0.4 is 29.1 Å². The zero-order valence-corrected chi connectivity index (χ0v) is 23.9. The molecule has 8 nitrogen and oxygen atoms in total. The molecule has 1 aliphatic heterocycles. The van der Waals surface area contributed by atoms with Gasteiger partial charge in [0.25, 0.3) is 5.56 Å². The van der Waals surface area contributed by atoms with Crippen molar-refractivity contribution in [3.05, 3.63) is 96.7 Å². The van der Waals surface area contributed by atoms with E-state index in [0.717, 1.165) is 16.3 Å². The van der Waals surface area contributed by atoms with E-state index in [1.54, 1.807) is 45.2 Å². The zero-order valence-electron chi connectivity index (χ0n) is 23.1. The quantitative estimate of drug-likeness (QED) is 0.236. The van der Waals surface area contributed by atoms with E-state index in [9.17, 15) is 9.59 Å². The third-order valence-corrected chi connectivity index (χ3v) is 7.75. The van der Waals surface area contributed by atoms with Gasteiger partial charge < -0.3 is 18.9 Å². The van der Waals surface area contributed by atoms with Gasteiger partial charge in [-0.1, -0.05) is 47.6 Å². The summed E-state index contributed by atoms with van der Waals surface area (Å²) in [6, 6.07) is 16.0. The largest absolute Gasteiger partial charge is 0.497 e. The number of thiazole rings is 1. The molecular formula is C32H28N2O6S. The summed E-state index contributed by atoms with van der Waals surface area (Å²) in [5, 5.41) is 1.89. The van der Waals surface area contributed by atoms with E-state index < -0.39 is 12.0 Å². The monoisotopic (exact) mass is 568 g/mol. The van der Waals surface area contributed by atoms with Gasteiger partial charge >= 0.3 is 5.97 Å². The van der Waals surface area contributed by atoms with Crippen LogP contribution in [0.5, 0.6) is 17.2 Å². The van der Waals surface area contributed by atoms with E-state index in [1.807, 2.05) is 36.4 Å². The van der Waals surface area contributed by atoms with Crippen molar-refractivity contribution in [1.29, 1.82) is 0 Å². The number of hydrogen-bond acceptors (Lipinski definition) is 8. The van der Waals surface area contributed by atoms with Gasteiger partial charge in [0.05, 0.1) is 36.6 Å². The van der Waals surface area contributed by atoms with Crippen molar-refractivity contribution < 1.29 is 23.7 Å². The Bertz CT molecular complexity index is 1910. The van der Waals surface area contributed by atoms with E-state index in [0.29, 0.717) is 37.8 Å². The second-order valence-corrected chi connectivity index (χ2v) is 10.1. The molecule has 0 radical (unpaired) electrons. The van der Waals surface area contributed by atoms with Crippen LogP contribution in [0.3, 0.4) is 0 Å². The van der Waals surface area contributed by atoms with Crippen LogP contribution in [0, 0.1) is 12.3 Å². The van der Waals surface area contributed by atoms with Gasteiger partial charge in [-0.05, 0) is 55.0 Å². The number of allylic oxidation sites excluding steroid dienone is 1. The molecule has 1 aromatic heterocycles. The summed E-state index contributed by atoms with van der Waals surface area (Å²) in [5.41, 5.74) is 1.67. The highest BCUT2D eigenvalue weighted by atomic mass is 32.1. The van der Waals surface area contributed by atoms with Crippen molar-refractivity contribution >= 4 is 34.2 Å². The minimum absolute atomic E-state index is 0.0815. The molecule has 0 N–H and O–H groups in total. The second kappa shape index (κ2) is 11.7. The normalized spacial score (nSPS) is 14.7. The van der Waals surface area contributed by atoms with Crippen molar-refractivity contribution in [3.63, 3.8) is 0 Å². The second-order valence-electron chi connectivity index (χ2n) is 9.10. The van der Waals surface area contributed by atoms with Gasteiger partial charge in [0.15, 0.2) is 4.80 Å². The maximum atomic E-state index is 14.2. The van der Waals surface area contributed by atoms with Crippen molar-refractivity contribution in [2.45, 2.75) is 19.9 Å². The average molecular weight is 569 g/mol. The van der Waals surface area contributed by atoms with Gasteiger partial charge in [0.2, 0.25) is 0 Å². The predicted octanol–water partition coefficient (Wildman–Crippen LogP) is 3.98. The Kier molecular flexibility index (Phi) is 7.95.